The molecule has 0 fully saturated rings. The highest BCUT2D eigenvalue weighted by molar-refractivity contribution is 7.09. The minimum Gasteiger partial charge on any atom is -0.340 e. The van der Waals surface area contributed by atoms with E-state index in [1.54, 1.807) is 11.3 Å². The molecule has 0 radical (unpaired) electrons. The van der Waals surface area contributed by atoms with Crippen molar-refractivity contribution in [1.82, 2.24) is 9.88 Å². The van der Waals surface area contributed by atoms with Gasteiger partial charge in [0, 0.05) is 24.3 Å². The molecule has 1 amide bonds. The van der Waals surface area contributed by atoms with Crippen LogP contribution in [0.2, 0.25) is 0 Å². The molecule has 1 heterocycles. The van der Waals surface area contributed by atoms with Crippen molar-refractivity contribution in [1.29, 1.82) is 0 Å². The summed E-state index contributed by atoms with van der Waals surface area (Å²) in [6.45, 7) is 4.92. The lowest BCUT2D eigenvalue weighted by molar-refractivity contribution is -0.135. The van der Waals surface area contributed by atoms with Crippen LogP contribution in [0, 0.1) is 5.92 Å². The van der Waals surface area contributed by atoms with Crippen molar-refractivity contribution in [2.75, 3.05) is 7.05 Å². The highest BCUT2D eigenvalue weighted by Gasteiger charge is 2.22. The van der Waals surface area contributed by atoms with Crippen LogP contribution in [0.15, 0.2) is 17.5 Å². The molecular formula is C15H22N2OS. The molecule has 0 saturated carbocycles. The van der Waals surface area contributed by atoms with Gasteiger partial charge in [-0.3, -0.25) is 4.79 Å². The van der Waals surface area contributed by atoms with Crippen LogP contribution in [0.5, 0.6) is 0 Å². The normalized spacial score (nSPS) is 18.8. The molecule has 1 aromatic heterocycles. The fraction of sp³-hybridized carbons (Fsp3) is 0.600. The number of aromatic nitrogens is 1. The second kappa shape index (κ2) is 6.33. The molecule has 0 aromatic carbocycles. The Labute approximate surface area is 119 Å². The number of hydrogen-bond acceptors (Lipinski definition) is 3. The predicted molar refractivity (Wildman–Crippen MR) is 79.2 cm³/mol. The average molecular weight is 278 g/mol. The van der Waals surface area contributed by atoms with Gasteiger partial charge in [0.15, 0.2) is 0 Å². The fourth-order valence-corrected chi connectivity index (χ4v) is 3.14. The first-order valence-corrected chi connectivity index (χ1v) is 7.80. The molecule has 0 saturated heterocycles. The molecule has 3 nitrogen and oxygen atoms in total. The largest absolute Gasteiger partial charge is 0.340 e. The summed E-state index contributed by atoms with van der Waals surface area (Å²) < 4.78 is 0. The Hall–Kier alpha value is -1.16. The van der Waals surface area contributed by atoms with E-state index in [4.69, 9.17) is 0 Å². The van der Waals surface area contributed by atoms with Crippen LogP contribution < -0.4 is 0 Å². The van der Waals surface area contributed by atoms with E-state index in [2.05, 4.69) is 36.4 Å². The van der Waals surface area contributed by atoms with Gasteiger partial charge in [-0.15, -0.1) is 11.3 Å². The van der Waals surface area contributed by atoms with Crippen LogP contribution in [0.25, 0.3) is 0 Å². The first-order valence-electron chi connectivity index (χ1n) is 6.92. The highest BCUT2D eigenvalue weighted by Crippen LogP contribution is 2.22. The predicted octanol–water partition coefficient (Wildman–Crippen LogP) is 3.58. The van der Waals surface area contributed by atoms with E-state index in [1.165, 1.54) is 0 Å². The topological polar surface area (TPSA) is 33.2 Å². The molecule has 0 unspecified atom stereocenters. The lowest BCUT2D eigenvalue weighted by Gasteiger charge is -2.23. The van der Waals surface area contributed by atoms with Gasteiger partial charge in [0.2, 0.25) is 5.91 Å². The van der Waals surface area contributed by atoms with Gasteiger partial charge in [0.25, 0.3) is 0 Å². The van der Waals surface area contributed by atoms with Crippen molar-refractivity contribution in [3.8, 4) is 0 Å². The maximum Gasteiger partial charge on any atom is 0.226 e. The summed E-state index contributed by atoms with van der Waals surface area (Å²) in [6, 6.07) is 0. The van der Waals surface area contributed by atoms with E-state index in [0.29, 0.717) is 12.5 Å². The summed E-state index contributed by atoms with van der Waals surface area (Å²) in [5.74, 6) is 0.880. The molecule has 0 aliphatic heterocycles. The third kappa shape index (κ3) is 3.66. The minimum atomic E-state index is 0.165. The standard InChI is InChI=1S/C15H22N2OS/c1-11(2)14-16-13(10-19-14)9-17(3)15(18)12-7-5-4-6-8-12/h4-5,10-12H,6-9H2,1-3H3/t12-/m0/s1. The molecule has 0 spiro atoms. The van der Waals surface area contributed by atoms with Gasteiger partial charge >= 0.3 is 0 Å². The SMILES string of the molecule is CC(C)c1nc(CN(C)C(=O)[C@H]2CC=CCC2)cs1. The number of amides is 1. The summed E-state index contributed by atoms with van der Waals surface area (Å²) in [7, 11) is 1.88. The second-order valence-corrected chi connectivity index (χ2v) is 6.40. The third-order valence-corrected chi connectivity index (χ3v) is 4.65. The summed E-state index contributed by atoms with van der Waals surface area (Å²) in [4.78, 5) is 18.7. The number of allylic oxidation sites excluding steroid dienone is 2. The van der Waals surface area contributed by atoms with Crippen LogP contribution in [0.1, 0.15) is 49.7 Å². The molecule has 19 heavy (non-hydrogen) atoms. The Balaban J connectivity index is 1.93. The zero-order valence-electron chi connectivity index (χ0n) is 11.9. The highest BCUT2D eigenvalue weighted by atomic mass is 32.1. The Morgan fingerprint density at radius 3 is 2.89 bits per heavy atom. The molecule has 1 aromatic rings. The van der Waals surface area contributed by atoms with Crippen molar-refractivity contribution < 1.29 is 4.79 Å². The van der Waals surface area contributed by atoms with Gasteiger partial charge in [-0.05, 0) is 19.3 Å². The summed E-state index contributed by atoms with van der Waals surface area (Å²) in [5, 5.41) is 3.22. The Bertz CT molecular complexity index is 464. The van der Waals surface area contributed by atoms with Gasteiger partial charge in [-0.1, -0.05) is 26.0 Å². The lowest BCUT2D eigenvalue weighted by atomic mass is 9.93. The zero-order chi connectivity index (χ0) is 13.8. The Morgan fingerprint density at radius 2 is 2.32 bits per heavy atom. The van der Waals surface area contributed by atoms with E-state index in [9.17, 15) is 4.79 Å². The Kier molecular flexibility index (Phi) is 4.75. The molecule has 104 valence electrons. The number of hydrogen-bond donors (Lipinski definition) is 0. The van der Waals surface area contributed by atoms with Crippen LogP contribution in [-0.4, -0.2) is 22.8 Å². The van der Waals surface area contributed by atoms with Crippen molar-refractivity contribution in [3.63, 3.8) is 0 Å². The lowest BCUT2D eigenvalue weighted by Crippen LogP contribution is -2.33. The van der Waals surface area contributed by atoms with Crippen molar-refractivity contribution in [2.45, 2.75) is 45.6 Å². The molecule has 0 bridgehead atoms. The van der Waals surface area contributed by atoms with Crippen LogP contribution >= 0.6 is 11.3 Å². The molecule has 1 atom stereocenters. The monoisotopic (exact) mass is 278 g/mol. The van der Waals surface area contributed by atoms with E-state index < -0.39 is 0 Å². The molecule has 1 aliphatic rings. The number of thiazole rings is 1. The van der Waals surface area contributed by atoms with E-state index in [0.717, 1.165) is 30.0 Å². The maximum absolute atomic E-state index is 12.3. The van der Waals surface area contributed by atoms with Crippen LogP contribution in [-0.2, 0) is 11.3 Å². The molecule has 0 N–H and O–H groups in total. The van der Waals surface area contributed by atoms with E-state index >= 15 is 0 Å². The van der Waals surface area contributed by atoms with Crippen LogP contribution in [0.3, 0.4) is 0 Å². The van der Waals surface area contributed by atoms with Gasteiger partial charge < -0.3 is 4.90 Å². The summed E-state index contributed by atoms with van der Waals surface area (Å²) in [5.41, 5.74) is 1.01. The maximum atomic E-state index is 12.3. The second-order valence-electron chi connectivity index (χ2n) is 5.51. The summed E-state index contributed by atoms with van der Waals surface area (Å²) >= 11 is 1.69. The van der Waals surface area contributed by atoms with Gasteiger partial charge in [0.05, 0.1) is 17.2 Å². The van der Waals surface area contributed by atoms with Crippen molar-refractivity contribution in [2.24, 2.45) is 5.92 Å². The molecule has 4 heteroatoms. The number of carbonyl (C=O) groups excluding carboxylic acids is 1. The first-order chi connectivity index (χ1) is 9.08. The number of rotatable bonds is 4. The Morgan fingerprint density at radius 1 is 1.53 bits per heavy atom. The number of carbonyl (C=O) groups is 1. The van der Waals surface area contributed by atoms with E-state index in [-0.39, 0.29) is 11.8 Å². The molecular weight excluding hydrogens is 256 g/mol. The molecule has 1 aliphatic carbocycles. The van der Waals surface area contributed by atoms with E-state index in [1.807, 2.05) is 11.9 Å². The number of nitrogens with zero attached hydrogens (tertiary/aromatic N) is 2. The first kappa shape index (κ1) is 14.3. The van der Waals surface area contributed by atoms with Crippen molar-refractivity contribution >= 4 is 17.2 Å². The summed E-state index contributed by atoms with van der Waals surface area (Å²) in [6.07, 6.45) is 7.18. The van der Waals surface area contributed by atoms with Gasteiger partial charge in [-0.25, -0.2) is 4.98 Å². The minimum absolute atomic E-state index is 0.165. The molecule has 2 rings (SSSR count). The quantitative estimate of drug-likeness (QED) is 0.789. The average Bonchev–Trinajstić information content (AvgIpc) is 2.87. The van der Waals surface area contributed by atoms with Gasteiger partial charge in [0.1, 0.15) is 0 Å². The third-order valence-electron chi connectivity index (χ3n) is 3.46. The zero-order valence-corrected chi connectivity index (χ0v) is 12.7. The fourth-order valence-electron chi connectivity index (χ4n) is 2.31. The smallest absolute Gasteiger partial charge is 0.226 e. The van der Waals surface area contributed by atoms with Crippen LogP contribution in [0.4, 0.5) is 0 Å². The van der Waals surface area contributed by atoms with Gasteiger partial charge in [-0.2, -0.15) is 0 Å². The van der Waals surface area contributed by atoms with Crippen molar-refractivity contribution in [3.05, 3.63) is 28.2 Å².